The minimum Gasteiger partial charge on any atom is -0.378 e. The molecule has 1 amide bonds. The molecule has 20 heavy (non-hydrogen) atoms. The summed E-state index contributed by atoms with van der Waals surface area (Å²) in [7, 11) is 0. The van der Waals surface area contributed by atoms with Crippen LogP contribution in [-0.4, -0.2) is 26.7 Å². The molecule has 0 radical (unpaired) electrons. The van der Waals surface area contributed by atoms with Crippen molar-refractivity contribution in [2.75, 3.05) is 5.32 Å². The molecule has 2 aromatic heterocycles. The summed E-state index contributed by atoms with van der Waals surface area (Å²) >= 11 is 1.64. The fraction of sp³-hybridized carbons (Fsp3) is 0.462. The Hall–Kier alpha value is -1.89. The first-order valence-corrected chi connectivity index (χ1v) is 7.53. The number of aryl methyl sites for hydroxylation is 1. The molecule has 0 saturated heterocycles. The third kappa shape index (κ3) is 3.36. The summed E-state index contributed by atoms with van der Waals surface area (Å²) in [5, 5.41) is 10.4. The standard InChI is InChI=1S/C13H17N5OS/c1-9-12(20-8-15-9)5-14-11-4-16-18(6-11)7-13(19)17-10-2-3-10/h4,6,8,10,14H,2-3,5,7H2,1H3,(H,17,19). The summed E-state index contributed by atoms with van der Waals surface area (Å²) in [5.41, 5.74) is 3.81. The van der Waals surface area contributed by atoms with E-state index in [4.69, 9.17) is 0 Å². The van der Waals surface area contributed by atoms with Gasteiger partial charge in [0.05, 0.1) is 29.6 Å². The van der Waals surface area contributed by atoms with E-state index >= 15 is 0 Å². The van der Waals surface area contributed by atoms with Crippen molar-refractivity contribution < 1.29 is 4.79 Å². The summed E-state index contributed by atoms with van der Waals surface area (Å²) in [5.74, 6) is 0.0282. The molecule has 2 N–H and O–H groups in total. The molecular weight excluding hydrogens is 274 g/mol. The third-order valence-corrected chi connectivity index (χ3v) is 4.11. The van der Waals surface area contributed by atoms with Crippen LogP contribution in [0.4, 0.5) is 5.69 Å². The number of nitrogens with zero attached hydrogens (tertiary/aromatic N) is 3. The van der Waals surface area contributed by atoms with Gasteiger partial charge in [0.25, 0.3) is 0 Å². The van der Waals surface area contributed by atoms with Crippen LogP contribution in [0.1, 0.15) is 23.4 Å². The van der Waals surface area contributed by atoms with Gasteiger partial charge in [-0.25, -0.2) is 4.98 Å². The summed E-state index contributed by atoms with van der Waals surface area (Å²) in [6.07, 6.45) is 5.79. The molecule has 106 valence electrons. The smallest absolute Gasteiger partial charge is 0.241 e. The monoisotopic (exact) mass is 291 g/mol. The maximum absolute atomic E-state index is 11.7. The highest BCUT2D eigenvalue weighted by Gasteiger charge is 2.23. The predicted molar refractivity (Wildman–Crippen MR) is 77.6 cm³/mol. The Morgan fingerprint density at radius 2 is 2.40 bits per heavy atom. The van der Waals surface area contributed by atoms with Gasteiger partial charge in [-0.2, -0.15) is 5.10 Å². The number of aromatic nitrogens is 3. The molecule has 0 spiro atoms. The maximum atomic E-state index is 11.7. The van der Waals surface area contributed by atoms with Crippen LogP contribution < -0.4 is 10.6 Å². The SMILES string of the molecule is Cc1ncsc1CNc1cnn(CC(=O)NC2CC2)c1. The summed E-state index contributed by atoms with van der Waals surface area (Å²) in [6.45, 7) is 3.01. The van der Waals surface area contributed by atoms with Gasteiger partial charge in [0.1, 0.15) is 6.54 Å². The molecule has 1 fully saturated rings. The molecule has 7 heteroatoms. The van der Waals surface area contributed by atoms with Crippen molar-refractivity contribution in [3.8, 4) is 0 Å². The fourth-order valence-corrected chi connectivity index (χ4v) is 2.58. The molecular formula is C13H17N5OS. The van der Waals surface area contributed by atoms with Crippen LogP contribution in [0, 0.1) is 6.92 Å². The Bertz CT molecular complexity index is 601. The van der Waals surface area contributed by atoms with Gasteiger partial charge in [-0.15, -0.1) is 11.3 Å². The van der Waals surface area contributed by atoms with Crippen molar-refractivity contribution >= 4 is 22.9 Å². The van der Waals surface area contributed by atoms with Gasteiger partial charge in [-0.1, -0.05) is 0 Å². The van der Waals surface area contributed by atoms with Gasteiger partial charge in [0.15, 0.2) is 0 Å². The van der Waals surface area contributed by atoms with E-state index in [2.05, 4.69) is 20.7 Å². The molecule has 0 aliphatic heterocycles. The van der Waals surface area contributed by atoms with Gasteiger partial charge in [-0.3, -0.25) is 9.48 Å². The molecule has 0 bridgehead atoms. The Labute approximate surface area is 121 Å². The zero-order valence-electron chi connectivity index (χ0n) is 11.3. The molecule has 1 aliphatic carbocycles. The predicted octanol–water partition coefficient (Wildman–Crippen LogP) is 1.54. The van der Waals surface area contributed by atoms with Crippen molar-refractivity contribution in [1.82, 2.24) is 20.1 Å². The van der Waals surface area contributed by atoms with Crippen molar-refractivity contribution in [2.45, 2.75) is 38.9 Å². The van der Waals surface area contributed by atoms with Gasteiger partial charge in [0, 0.05) is 17.1 Å². The van der Waals surface area contributed by atoms with E-state index in [1.807, 2.05) is 18.6 Å². The van der Waals surface area contributed by atoms with Gasteiger partial charge in [0.2, 0.25) is 5.91 Å². The maximum Gasteiger partial charge on any atom is 0.241 e. The van der Waals surface area contributed by atoms with Crippen LogP contribution in [0.25, 0.3) is 0 Å². The van der Waals surface area contributed by atoms with Crippen LogP contribution >= 0.6 is 11.3 Å². The lowest BCUT2D eigenvalue weighted by Crippen LogP contribution is -2.29. The van der Waals surface area contributed by atoms with E-state index < -0.39 is 0 Å². The molecule has 1 saturated carbocycles. The lowest BCUT2D eigenvalue weighted by atomic mass is 10.4. The second kappa shape index (κ2) is 5.62. The number of nitrogens with one attached hydrogen (secondary N) is 2. The largest absolute Gasteiger partial charge is 0.378 e. The lowest BCUT2D eigenvalue weighted by Gasteiger charge is -2.03. The van der Waals surface area contributed by atoms with E-state index in [1.54, 1.807) is 22.2 Å². The minimum atomic E-state index is 0.0282. The number of hydrogen-bond acceptors (Lipinski definition) is 5. The summed E-state index contributed by atoms with van der Waals surface area (Å²) in [4.78, 5) is 17.1. The van der Waals surface area contributed by atoms with E-state index in [9.17, 15) is 4.79 Å². The first kappa shape index (κ1) is 13.1. The van der Waals surface area contributed by atoms with Crippen molar-refractivity contribution in [3.05, 3.63) is 28.5 Å². The molecule has 1 aliphatic rings. The van der Waals surface area contributed by atoms with Crippen LogP contribution in [-0.2, 0) is 17.9 Å². The van der Waals surface area contributed by atoms with Crippen molar-refractivity contribution in [3.63, 3.8) is 0 Å². The Kier molecular flexibility index (Phi) is 3.68. The highest BCUT2D eigenvalue weighted by molar-refractivity contribution is 7.09. The van der Waals surface area contributed by atoms with E-state index in [1.165, 1.54) is 4.88 Å². The Morgan fingerprint density at radius 3 is 3.10 bits per heavy atom. The Morgan fingerprint density at radius 1 is 1.55 bits per heavy atom. The number of hydrogen-bond donors (Lipinski definition) is 2. The highest BCUT2D eigenvalue weighted by atomic mass is 32.1. The minimum absolute atomic E-state index is 0.0282. The van der Waals surface area contributed by atoms with Crippen LogP contribution in [0.15, 0.2) is 17.9 Å². The zero-order chi connectivity index (χ0) is 13.9. The van der Waals surface area contributed by atoms with E-state index in [-0.39, 0.29) is 12.5 Å². The Balaban J connectivity index is 1.51. The fourth-order valence-electron chi connectivity index (χ4n) is 1.87. The first-order valence-electron chi connectivity index (χ1n) is 6.65. The number of carbonyl (C=O) groups excluding carboxylic acids is 1. The van der Waals surface area contributed by atoms with Gasteiger partial charge in [-0.05, 0) is 19.8 Å². The molecule has 3 rings (SSSR count). The van der Waals surface area contributed by atoms with E-state index in [0.29, 0.717) is 6.04 Å². The second-order valence-corrected chi connectivity index (χ2v) is 5.92. The average Bonchev–Trinajstić information content (AvgIpc) is 2.95. The van der Waals surface area contributed by atoms with Crippen LogP contribution in [0.5, 0.6) is 0 Å². The number of thiazole rings is 1. The average molecular weight is 291 g/mol. The number of carbonyl (C=O) groups is 1. The summed E-state index contributed by atoms with van der Waals surface area (Å²) in [6, 6.07) is 0.393. The zero-order valence-corrected chi connectivity index (χ0v) is 12.1. The van der Waals surface area contributed by atoms with Crippen LogP contribution in [0.2, 0.25) is 0 Å². The molecule has 2 aromatic rings. The third-order valence-electron chi connectivity index (χ3n) is 3.18. The van der Waals surface area contributed by atoms with E-state index in [0.717, 1.165) is 30.8 Å². The normalized spacial score (nSPS) is 14.2. The molecule has 0 aromatic carbocycles. The van der Waals surface area contributed by atoms with Gasteiger partial charge >= 0.3 is 0 Å². The molecule has 6 nitrogen and oxygen atoms in total. The van der Waals surface area contributed by atoms with Gasteiger partial charge < -0.3 is 10.6 Å². The lowest BCUT2D eigenvalue weighted by molar-refractivity contribution is -0.122. The number of anilines is 1. The molecule has 0 atom stereocenters. The van der Waals surface area contributed by atoms with Crippen LogP contribution in [0.3, 0.4) is 0 Å². The summed E-state index contributed by atoms with van der Waals surface area (Å²) < 4.78 is 1.65. The number of rotatable bonds is 6. The topological polar surface area (TPSA) is 71.8 Å². The van der Waals surface area contributed by atoms with Crippen molar-refractivity contribution in [2.24, 2.45) is 0 Å². The molecule has 2 heterocycles. The highest BCUT2D eigenvalue weighted by Crippen LogP contribution is 2.18. The first-order chi connectivity index (χ1) is 9.70. The van der Waals surface area contributed by atoms with Crippen molar-refractivity contribution in [1.29, 1.82) is 0 Å². The second-order valence-electron chi connectivity index (χ2n) is 4.98. The quantitative estimate of drug-likeness (QED) is 0.847. The molecule has 0 unspecified atom stereocenters. The number of amides is 1.